The Morgan fingerprint density at radius 1 is 1.50 bits per heavy atom. The van der Waals surface area contributed by atoms with E-state index in [2.05, 4.69) is 4.98 Å². The quantitative estimate of drug-likeness (QED) is 0.596. The monoisotopic (exact) mass is 173 g/mol. The summed E-state index contributed by atoms with van der Waals surface area (Å²) in [4.78, 5) is 3.80. The third-order valence-corrected chi connectivity index (χ3v) is 1.77. The minimum Gasteiger partial charge on any atom is -0.243 e. The van der Waals surface area contributed by atoms with Gasteiger partial charge >= 0.3 is 0 Å². The molecule has 0 aromatic carbocycles. The predicted molar refractivity (Wildman–Crippen MR) is 42.3 cm³/mol. The van der Waals surface area contributed by atoms with E-state index >= 15 is 0 Å². The fraction of sp³-hybridized carbons (Fsp3) is 0.143. The van der Waals surface area contributed by atoms with Gasteiger partial charge in [0.25, 0.3) is 0 Å². The molecule has 1 heterocycles. The maximum Gasteiger partial charge on any atom is 0.147 e. The third-order valence-electron chi connectivity index (χ3n) is 1.09. The van der Waals surface area contributed by atoms with Crippen LogP contribution < -0.4 is 0 Å². The first kappa shape index (κ1) is 7.83. The molecule has 0 unspecified atom stereocenters. The van der Waals surface area contributed by atoms with Gasteiger partial charge in [0.05, 0.1) is 5.02 Å². The minimum absolute atomic E-state index is 0.318. The van der Waals surface area contributed by atoms with Gasteiger partial charge in [-0.25, -0.2) is 4.98 Å². The average Bonchev–Trinajstić information content (AvgIpc) is 1.95. The van der Waals surface area contributed by atoms with Crippen molar-refractivity contribution >= 4 is 23.2 Å². The van der Waals surface area contributed by atoms with Crippen molar-refractivity contribution in [2.45, 2.75) is 6.42 Å². The highest BCUT2D eigenvalue weighted by atomic mass is 35.5. The molecule has 0 N–H and O–H groups in total. The van der Waals surface area contributed by atoms with Crippen molar-refractivity contribution in [3.8, 4) is 0 Å². The molecule has 0 spiro atoms. The van der Waals surface area contributed by atoms with Crippen LogP contribution in [0.15, 0.2) is 12.3 Å². The Bertz CT molecular complexity index is 235. The van der Waals surface area contributed by atoms with Gasteiger partial charge in [-0.3, -0.25) is 0 Å². The van der Waals surface area contributed by atoms with Gasteiger partial charge in [-0.1, -0.05) is 23.2 Å². The lowest BCUT2D eigenvalue weighted by Gasteiger charge is -1.96. The number of nitrogens with zero attached hydrogens (tertiary/aromatic N) is 1. The molecule has 0 bridgehead atoms. The van der Waals surface area contributed by atoms with E-state index in [1.807, 2.05) is 0 Å². The smallest absolute Gasteiger partial charge is 0.147 e. The molecule has 0 aliphatic heterocycles. The summed E-state index contributed by atoms with van der Waals surface area (Å²) < 4.78 is 0. The van der Waals surface area contributed by atoms with Gasteiger partial charge < -0.3 is 0 Å². The highest BCUT2D eigenvalue weighted by Crippen LogP contribution is 2.19. The van der Waals surface area contributed by atoms with Crippen molar-refractivity contribution in [1.29, 1.82) is 0 Å². The predicted octanol–water partition coefficient (Wildman–Crippen LogP) is 2.64. The number of rotatable bonds is 1. The van der Waals surface area contributed by atoms with Gasteiger partial charge in [-0.15, -0.1) is 0 Å². The van der Waals surface area contributed by atoms with Crippen LogP contribution in [0.3, 0.4) is 0 Å². The molecule has 3 heteroatoms. The van der Waals surface area contributed by atoms with Crippen LogP contribution in [0, 0.1) is 6.92 Å². The van der Waals surface area contributed by atoms with Crippen molar-refractivity contribution in [1.82, 2.24) is 4.98 Å². The van der Waals surface area contributed by atoms with Gasteiger partial charge in [0.1, 0.15) is 5.15 Å². The minimum atomic E-state index is 0.318. The molecule has 0 aliphatic rings. The fourth-order valence-electron chi connectivity index (χ4n) is 0.572. The van der Waals surface area contributed by atoms with Crippen LogP contribution in [0.2, 0.25) is 10.2 Å². The number of hydrogen-bond donors (Lipinski definition) is 0. The second-order valence-electron chi connectivity index (χ2n) is 1.82. The van der Waals surface area contributed by atoms with Crippen molar-refractivity contribution in [2.75, 3.05) is 0 Å². The fourth-order valence-corrected chi connectivity index (χ4v) is 0.865. The summed E-state index contributed by atoms with van der Waals surface area (Å²) in [6.45, 7) is 5.33. The SMILES string of the molecule is [CH]Cc1cnc(Cl)c(Cl)c1. The van der Waals surface area contributed by atoms with E-state index in [-0.39, 0.29) is 0 Å². The average molecular weight is 174 g/mol. The molecule has 0 aliphatic carbocycles. The molecule has 0 amide bonds. The first-order valence-electron chi connectivity index (χ1n) is 2.74. The second-order valence-corrected chi connectivity index (χ2v) is 2.59. The summed E-state index contributed by atoms with van der Waals surface area (Å²) in [6.07, 6.45) is 2.04. The summed E-state index contributed by atoms with van der Waals surface area (Å²) in [5, 5.41) is 0.767. The van der Waals surface area contributed by atoms with Gasteiger partial charge in [0, 0.05) is 6.20 Å². The van der Waals surface area contributed by atoms with E-state index in [1.54, 1.807) is 12.3 Å². The molecular weight excluding hydrogens is 169 g/mol. The third kappa shape index (κ3) is 1.61. The number of hydrogen-bond acceptors (Lipinski definition) is 1. The van der Waals surface area contributed by atoms with Crippen molar-refractivity contribution in [2.24, 2.45) is 0 Å². The zero-order valence-electron chi connectivity index (χ0n) is 5.14. The number of pyridine rings is 1. The van der Waals surface area contributed by atoms with E-state index in [0.717, 1.165) is 5.56 Å². The first-order valence-corrected chi connectivity index (χ1v) is 3.49. The van der Waals surface area contributed by atoms with Crippen LogP contribution in [0.25, 0.3) is 0 Å². The molecule has 0 saturated carbocycles. The molecule has 0 saturated heterocycles. The van der Waals surface area contributed by atoms with Crippen molar-refractivity contribution in [3.05, 3.63) is 34.9 Å². The molecular formula is C7H5Cl2N. The van der Waals surface area contributed by atoms with E-state index in [1.165, 1.54) is 0 Å². The Morgan fingerprint density at radius 3 is 2.70 bits per heavy atom. The maximum atomic E-state index is 5.64. The summed E-state index contributed by atoms with van der Waals surface area (Å²) in [5.74, 6) is 0. The lowest BCUT2D eigenvalue weighted by atomic mass is 10.2. The zero-order valence-corrected chi connectivity index (χ0v) is 6.65. The van der Waals surface area contributed by atoms with Crippen LogP contribution in [0.1, 0.15) is 5.56 Å². The Balaban J connectivity index is 3.04. The second kappa shape index (κ2) is 3.22. The molecule has 2 radical (unpaired) electrons. The van der Waals surface area contributed by atoms with E-state index < -0.39 is 0 Å². The largest absolute Gasteiger partial charge is 0.243 e. The summed E-state index contributed by atoms with van der Waals surface area (Å²) in [6, 6.07) is 1.71. The summed E-state index contributed by atoms with van der Waals surface area (Å²) in [7, 11) is 0. The Hall–Kier alpha value is -0.270. The van der Waals surface area contributed by atoms with Crippen LogP contribution in [0.4, 0.5) is 0 Å². The van der Waals surface area contributed by atoms with Crippen LogP contribution in [0.5, 0.6) is 0 Å². The topological polar surface area (TPSA) is 12.9 Å². The van der Waals surface area contributed by atoms with Crippen LogP contribution >= 0.6 is 23.2 Å². The molecule has 1 aromatic rings. The molecule has 0 atom stereocenters. The lowest BCUT2D eigenvalue weighted by molar-refractivity contribution is 1.19. The molecule has 10 heavy (non-hydrogen) atoms. The lowest BCUT2D eigenvalue weighted by Crippen LogP contribution is -1.83. The van der Waals surface area contributed by atoms with Gasteiger partial charge in [0.15, 0.2) is 0 Å². The Labute approximate surface area is 70.0 Å². The number of aromatic nitrogens is 1. The van der Waals surface area contributed by atoms with Gasteiger partial charge in [0.2, 0.25) is 0 Å². The molecule has 0 fully saturated rings. The summed E-state index contributed by atoms with van der Waals surface area (Å²) >= 11 is 11.2. The van der Waals surface area contributed by atoms with Crippen molar-refractivity contribution < 1.29 is 0 Å². The Kier molecular flexibility index (Phi) is 2.52. The summed E-state index contributed by atoms with van der Waals surface area (Å²) in [5.41, 5.74) is 0.884. The molecule has 1 rings (SSSR count). The number of halogens is 2. The first-order chi connectivity index (χ1) is 4.74. The van der Waals surface area contributed by atoms with E-state index in [0.29, 0.717) is 16.6 Å². The maximum absolute atomic E-state index is 5.64. The van der Waals surface area contributed by atoms with Crippen LogP contribution in [-0.4, -0.2) is 4.98 Å². The van der Waals surface area contributed by atoms with E-state index in [9.17, 15) is 0 Å². The van der Waals surface area contributed by atoms with Crippen molar-refractivity contribution in [3.63, 3.8) is 0 Å². The van der Waals surface area contributed by atoms with Gasteiger partial charge in [-0.2, -0.15) is 0 Å². The normalized spacial score (nSPS) is 9.90. The zero-order chi connectivity index (χ0) is 7.56. The highest BCUT2D eigenvalue weighted by Gasteiger charge is 1.97. The standard InChI is InChI=1S/C7H5Cl2N/c1-2-5-3-6(8)7(9)10-4-5/h1,3-4H,2H2. The van der Waals surface area contributed by atoms with Gasteiger partial charge in [-0.05, 0) is 25.0 Å². The molecule has 1 aromatic heterocycles. The molecule has 1 nitrogen and oxygen atoms in total. The Morgan fingerprint density at radius 2 is 2.20 bits per heavy atom. The van der Waals surface area contributed by atoms with Crippen LogP contribution in [-0.2, 0) is 6.42 Å². The highest BCUT2D eigenvalue weighted by molar-refractivity contribution is 6.41. The molecule has 52 valence electrons. The van der Waals surface area contributed by atoms with E-state index in [4.69, 9.17) is 30.1 Å².